The molecule has 5 heteroatoms. The third kappa shape index (κ3) is 4.22. The Morgan fingerprint density at radius 3 is 2.07 bits per heavy atom. The molecule has 0 N–H and O–H groups in total. The maximum atomic E-state index is 6.36. The van der Waals surface area contributed by atoms with Gasteiger partial charge in [0.15, 0.2) is 17.5 Å². The van der Waals surface area contributed by atoms with Gasteiger partial charge in [0.2, 0.25) is 0 Å². The second-order valence-electron chi connectivity index (χ2n) is 10.5. The van der Waals surface area contributed by atoms with Crippen LogP contribution in [0.2, 0.25) is 0 Å². The van der Waals surface area contributed by atoms with Gasteiger partial charge in [-0.1, -0.05) is 110 Å². The maximum Gasteiger partial charge on any atom is 0.164 e. The summed E-state index contributed by atoms with van der Waals surface area (Å²) >= 11 is 0. The summed E-state index contributed by atoms with van der Waals surface area (Å²) in [7, 11) is 0. The van der Waals surface area contributed by atoms with E-state index in [1.54, 1.807) is 12.2 Å². The van der Waals surface area contributed by atoms with E-state index in [0.29, 0.717) is 17.5 Å². The zero-order chi connectivity index (χ0) is 29.6. The second kappa shape index (κ2) is 10.3. The molecule has 0 aliphatic carbocycles. The minimum atomic E-state index is 0.536. The van der Waals surface area contributed by atoms with E-state index in [0.717, 1.165) is 71.7 Å². The van der Waals surface area contributed by atoms with E-state index in [2.05, 4.69) is 43.5 Å². The number of hydrogen-bond acceptors (Lipinski definition) is 5. The summed E-state index contributed by atoms with van der Waals surface area (Å²) in [5.74, 6) is 1.70. The van der Waals surface area contributed by atoms with Gasteiger partial charge in [-0.25, -0.2) is 15.0 Å². The summed E-state index contributed by atoms with van der Waals surface area (Å²) in [5, 5.41) is 4.24. The van der Waals surface area contributed by atoms with Crippen LogP contribution in [0.5, 0.6) is 0 Å². The Bertz CT molecular complexity index is 2430. The molecule has 44 heavy (non-hydrogen) atoms. The Hall–Kier alpha value is -6.07. The van der Waals surface area contributed by atoms with E-state index in [1.807, 2.05) is 84.9 Å². The van der Waals surface area contributed by atoms with E-state index in [-0.39, 0.29) is 0 Å². The van der Waals surface area contributed by atoms with Gasteiger partial charge in [0, 0.05) is 44.3 Å². The molecular formula is C39H25N3O2. The van der Waals surface area contributed by atoms with Crippen molar-refractivity contribution in [3.63, 3.8) is 0 Å². The molecule has 0 atom stereocenters. The van der Waals surface area contributed by atoms with Gasteiger partial charge in [-0.15, -0.1) is 0 Å². The predicted molar refractivity (Wildman–Crippen MR) is 179 cm³/mol. The maximum absolute atomic E-state index is 6.36. The first-order valence-electron chi connectivity index (χ1n) is 14.3. The summed E-state index contributed by atoms with van der Waals surface area (Å²) in [4.78, 5) is 14.6. The topological polar surface area (TPSA) is 65.0 Å². The van der Waals surface area contributed by atoms with Gasteiger partial charge in [-0.2, -0.15) is 0 Å². The lowest BCUT2D eigenvalue weighted by molar-refractivity contribution is 0.656. The second-order valence-corrected chi connectivity index (χ2v) is 10.5. The number of hydrogen-bond donors (Lipinski definition) is 0. The zero-order valence-electron chi connectivity index (χ0n) is 23.7. The molecule has 0 radical (unpaired) electrons. The highest BCUT2D eigenvalue weighted by Crippen LogP contribution is 2.41. The normalized spacial score (nSPS) is 12.0. The van der Waals surface area contributed by atoms with E-state index >= 15 is 0 Å². The first kappa shape index (κ1) is 25.6. The molecule has 0 saturated carbocycles. The Labute approximate surface area is 253 Å². The molecule has 3 aromatic heterocycles. The van der Waals surface area contributed by atoms with Crippen molar-refractivity contribution >= 4 is 49.5 Å². The van der Waals surface area contributed by atoms with Crippen molar-refractivity contribution in [2.45, 2.75) is 0 Å². The molecule has 0 spiro atoms. The lowest BCUT2D eigenvalue weighted by Gasteiger charge is -2.10. The van der Waals surface area contributed by atoms with E-state index in [9.17, 15) is 0 Å². The van der Waals surface area contributed by atoms with Crippen molar-refractivity contribution in [2.75, 3.05) is 0 Å². The number of fused-ring (bicyclic) bond motifs is 6. The molecule has 8 rings (SSSR count). The van der Waals surface area contributed by atoms with Crippen LogP contribution in [0.3, 0.4) is 0 Å². The average Bonchev–Trinajstić information content (AvgIpc) is 3.63. The molecule has 0 unspecified atom stereocenters. The van der Waals surface area contributed by atoms with Gasteiger partial charge in [0.1, 0.15) is 22.3 Å². The highest BCUT2D eigenvalue weighted by Gasteiger charge is 2.18. The van der Waals surface area contributed by atoms with Crippen LogP contribution in [-0.2, 0) is 0 Å². The van der Waals surface area contributed by atoms with Gasteiger partial charge in [0.05, 0.1) is 0 Å². The Morgan fingerprint density at radius 1 is 0.545 bits per heavy atom. The van der Waals surface area contributed by atoms with Gasteiger partial charge in [0.25, 0.3) is 0 Å². The van der Waals surface area contributed by atoms with Gasteiger partial charge >= 0.3 is 0 Å². The fraction of sp³-hybridized carbons (Fsp3) is 0. The number of furan rings is 2. The van der Waals surface area contributed by atoms with Crippen LogP contribution in [0, 0.1) is 0 Å². The summed E-state index contributed by atoms with van der Waals surface area (Å²) in [6.07, 6.45) is 5.29. The molecule has 3 heterocycles. The zero-order valence-corrected chi connectivity index (χ0v) is 23.7. The summed E-state index contributed by atoms with van der Waals surface area (Å²) < 4.78 is 12.5. The Balaban J connectivity index is 1.32. The van der Waals surface area contributed by atoms with Crippen LogP contribution in [0.15, 0.2) is 149 Å². The smallest absolute Gasteiger partial charge is 0.164 e. The average molecular weight is 568 g/mol. The number of rotatable bonds is 6. The fourth-order valence-electron chi connectivity index (χ4n) is 5.82. The van der Waals surface area contributed by atoms with Crippen molar-refractivity contribution in [3.05, 3.63) is 146 Å². The SMILES string of the molecule is C=C/C=C(\C=C)c1nc(-c2ccccc2)nc(-c2cccc(-c3cccc4oc5cc6oc7ccccc7c6cc5c34)c2)n1. The molecule has 5 aromatic carbocycles. The number of allylic oxidation sites excluding steroid dienone is 4. The van der Waals surface area contributed by atoms with Crippen LogP contribution < -0.4 is 0 Å². The van der Waals surface area contributed by atoms with Crippen LogP contribution in [0.1, 0.15) is 5.82 Å². The molecule has 0 aliphatic heterocycles. The van der Waals surface area contributed by atoms with E-state index < -0.39 is 0 Å². The third-order valence-electron chi connectivity index (χ3n) is 7.87. The standard InChI is InChI=1S/C39H25N3O2/c1-3-12-24(4-2)37-40-38(25-13-6-5-7-14-25)42-39(41-37)27-16-10-15-26(21-27)28-18-11-20-33-36(28)31-22-30-29-17-8-9-19-32(29)43-34(30)23-35(31)44-33/h3-23H,1-2H2/b24-12+. The van der Waals surface area contributed by atoms with Crippen LogP contribution in [0.25, 0.3) is 83.4 Å². The lowest BCUT2D eigenvalue weighted by Crippen LogP contribution is -2.02. The minimum absolute atomic E-state index is 0.536. The number of aromatic nitrogens is 3. The lowest BCUT2D eigenvalue weighted by atomic mass is 9.97. The summed E-state index contributed by atoms with van der Waals surface area (Å²) in [5.41, 5.74) is 7.92. The van der Waals surface area contributed by atoms with Crippen LogP contribution in [-0.4, -0.2) is 15.0 Å². The molecule has 208 valence electrons. The molecule has 0 fully saturated rings. The molecular weight excluding hydrogens is 542 g/mol. The molecule has 0 aliphatic rings. The van der Waals surface area contributed by atoms with Crippen molar-refractivity contribution in [3.8, 4) is 33.9 Å². The first-order chi connectivity index (χ1) is 21.7. The largest absolute Gasteiger partial charge is 0.456 e. The van der Waals surface area contributed by atoms with Gasteiger partial charge < -0.3 is 8.83 Å². The van der Waals surface area contributed by atoms with E-state index in [1.165, 1.54) is 0 Å². The van der Waals surface area contributed by atoms with Crippen molar-refractivity contribution in [1.82, 2.24) is 15.0 Å². The van der Waals surface area contributed by atoms with Gasteiger partial charge in [-0.05, 0) is 35.4 Å². The van der Waals surface area contributed by atoms with Crippen molar-refractivity contribution in [1.29, 1.82) is 0 Å². The number of benzene rings is 5. The molecule has 0 amide bonds. The molecule has 0 saturated heterocycles. The monoisotopic (exact) mass is 567 g/mol. The summed E-state index contributed by atoms with van der Waals surface area (Å²) in [6, 6.07) is 36.7. The van der Waals surface area contributed by atoms with Gasteiger partial charge in [-0.3, -0.25) is 0 Å². The predicted octanol–water partition coefficient (Wildman–Crippen LogP) is 10.4. The van der Waals surface area contributed by atoms with Crippen molar-refractivity contribution < 1.29 is 8.83 Å². The summed E-state index contributed by atoms with van der Waals surface area (Å²) in [6.45, 7) is 7.81. The quantitative estimate of drug-likeness (QED) is 0.187. The Kier molecular flexibility index (Phi) is 6.02. The fourth-order valence-corrected chi connectivity index (χ4v) is 5.82. The highest BCUT2D eigenvalue weighted by atomic mass is 16.3. The number of nitrogens with zero attached hydrogens (tertiary/aromatic N) is 3. The third-order valence-corrected chi connectivity index (χ3v) is 7.87. The van der Waals surface area contributed by atoms with Crippen LogP contribution in [0.4, 0.5) is 0 Å². The molecule has 8 aromatic rings. The first-order valence-corrected chi connectivity index (χ1v) is 14.3. The van der Waals surface area contributed by atoms with E-state index in [4.69, 9.17) is 23.8 Å². The highest BCUT2D eigenvalue weighted by molar-refractivity contribution is 6.18. The molecule has 0 bridgehead atoms. The minimum Gasteiger partial charge on any atom is -0.456 e. The number of para-hydroxylation sites is 1. The van der Waals surface area contributed by atoms with Crippen molar-refractivity contribution in [2.24, 2.45) is 0 Å². The van der Waals surface area contributed by atoms with Crippen LogP contribution >= 0.6 is 0 Å². The molecule has 5 nitrogen and oxygen atoms in total. The Morgan fingerprint density at radius 2 is 1.23 bits per heavy atom.